The molecule has 4 aromatic carbocycles. The lowest BCUT2D eigenvalue weighted by molar-refractivity contribution is -0.884. The Morgan fingerprint density at radius 3 is 1.10 bits per heavy atom. The molecule has 101 heavy (non-hydrogen) atoms. The SMILES string of the molecule is CN(C)c1c(Cl)ncc2sc3c(=O)n(-c4ccc(Cl)cc4)cnc3c12.CN(C)c1cncc2sc3c(=O)n(-c4ccc(Cl)cc4)cnc3c12.CO[n+]1cc(N(C)C)c2c(c1)sc1c(=O)n(-c3ccc(Cl)cc3)cnc12.[C-]#[N+]c1ncc2sc3c(=O)n(-c4ccc(Cl)cc4)cnc3c2c1N(C)C. The molecule has 0 bridgehead atoms. The van der Waals surface area contributed by atoms with Crippen LogP contribution in [0.2, 0.25) is 25.2 Å². The van der Waals surface area contributed by atoms with Gasteiger partial charge in [0.15, 0.2) is 5.15 Å². The number of hydrogen-bond donors (Lipinski definition) is 0. The first-order valence-corrected chi connectivity index (χ1v) is 35.3. The highest BCUT2D eigenvalue weighted by Gasteiger charge is 2.25. The Balaban J connectivity index is 0.000000120. The Bertz CT molecular complexity index is 6230. The Hall–Kier alpha value is -10.2. The maximum atomic E-state index is 13.1. The lowest BCUT2D eigenvalue weighted by Gasteiger charge is -2.15. The predicted octanol–water partition coefficient (Wildman–Crippen LogP) is 15.0. The van der Waals surface area contributed by atoms with Crippen LogP contribution < -0.4 is 51.4 Å². The van der Waals surface area contributed by atoms with Crippen LogP contribution >= 0.6 is 103 Å². The van der Waals surface area contributed by atoms with Crippen LogP contribution in [-0.2, 0) is 0 Å². The lowest BCUT2D eigenvalue weighted by Crippen LogP contribution is -2.40. The molecule has 12 aromatic heterocycles. The van der Waals surface area contributed by atoms with Gasteiger partial charge in [-0.3, -0.25) is 47.3 Å². The van der Waals surface area contributed by atoms with Gasteiger partial charge >= 0.3 is 0 Å². The smallest absolute Gasteiger partial charge is 0.293 e. The Morgan fingerprint density at radius 1 is 0.406 bits per heavy atom. The second-order valence-electron chi connectivity index (χ2n) is 23.2. The number of fused-ring (bicyclic) bond motifs is 12. The van der Waals surface area contributed by atoms with Crippen molar-refractivity contribution in [3.8, 4) is 22.7 Å². The molecule has 0 aliphatic heterocycles. The summed E-state index contributed by atoms with van der Waals surface area (Å²) in [4.78, 5) is 99.5. The van der Waals surface area contributed by atoms with Crippen LogP contribution in [0.5, 0.6) is 0 Å². The number of nitrogens with zero attached hydrogens (tertiary/aromatic N) is 17. The normalized spacial score (nSPS) is 11.2. The first-order valence-electron chi connectivity index (χ1n) is 30.2. The summed E-state index contributed by atoms with van der Waals surface area (Å²) in [7, 11) is 16.9. The summed E-state index contributed by atoms with van der Waals surface area (Å²) < 4.78 is 13.6. The molecule has 0 N–H and O–H groups in total. The number of thiophene rings is 4. The van der Waals surface area contributed by atoms with Crippen LogP contribution in [0.25, 0.3) is 109 Å². The average Bonchev–Trinajstić information content (AvgIpc) is 1.62. The summed E-state index contributed by atoms with van der Waals surface area (Å²) in [6.07, 6.45) is 16.8. The number of halogens is 5. The molecule has 0 amide bonds. The Labute approximate surface area is 614 Å². The van der Waals surface area contributed by atoms with Gasteiger partial charge in [-0.2, -0.15) is 0 Å². The summed E-state index contributed by atoms with van der Waals surface area (Å²) >= 11 is 35.5. The summed E-state index contributed by atoms with van der Waals surface area (Å²) in [5, 5.41) is 6.42. The maximum absolute atomic E-state index is 13.1. The number of benzene rings is 4. The van der Waals surface area contributed by atoms with Gasteiger partial charge in [0.1, 0.15) is 67.8 Å². The highest BCUT2D eigenvalue weighted by atomic mass is 35.5. The highest BCUT2D eigenvalue weighted by molar-refractivity contribution is 7.27. The Morgan fingerprint density at radius 2 is 0.743 bits per heavy atom. The molecule has 16 rings (SSSR count). The van der Waals surface area contributed by atoms with Gasteiger partial charge in [-0.15, -0.1) is 50.3 Å². The fraction of sp³-hybridized carbons (Fsp3) is 0.129. The van der Waals surface area contributed by atoms with E-state index in [2.05, 4.69) is 39.7 Å². The number of hydrogen-bond acceptors (Lipinski definition) is 20. The van der Waals surface area contributed by atoms with Crippen molar-refractivity contribution in [1.29, 1.82) is 0 Å². The molecule has 0 unspecified atom stereocenters. The van der Waals surface area contributed by atoms with Crippen LogP contribution in [0, 0.1) is 6.57 Å². The van der Waals surface area contributed by atoms with E-state index in [0.717, 1.165) is 74.3 Å². The molecule has 0 atom stereocenters. The molecule has 0 aliphatic carbocycles. The van der Waals surface area contributed by atoms with Crippen molar-refractivity contribution >= 4 is 213 Å². The third-order valence-corrected chi connectivity index (χ3v) is 21.7. The van der Waals surface area contributed by atoms with E-state index in [1.807, 2.05) is 88.4 Å². The topological polar surface area (TPSA) is 209 Å². The molecule has 0 aliphatic rings. The van der Waals surface area contributed by atoms with Crippen molar-refractivity contribution in [1.82, 2.24) is 53.2 Å². The number of aromatic nitrogens is 12. The number of rotatable bonds is 9. The van der Waals surface area contributed by atoms with Crippen LogP contribution in [-0.4, -0.2) is 117 Å². The van der Waals surface area contributed by atoms with E-state index in [1.165, 1.54) is 76.3 Å². The minimum absolute atomic E-state index is 0.0896. The molecule has 506 valence electrons. The minimum Gasteiger partial charge on any atom is -0.384 e. The van der Waals surface area contributed by atoms with E-state index >= 15 is 0 Å². The Kier molecular flexibility index (Phi) is 19.5. The van der Waals surface area contributed by atoms with Gasteiger partial charge in [-0.25, -0.2) is 24.9 Å². The molecule has 0 spiro atoms. The molecule has 22 nitrogen and oxygen atoms in total. The van der Waals surface area contributed by atoms with Crippen molar-refractivity contribution in [2.75, 3.05) is 83.1 Å². The largest absolute Gasteiger partial charge is 0.384 e. The van der Waals surface area contributed by atoms with E-state index in [0.29, 0.717) is 83.5 Å². The molecule has 12 heterocycles. The highest BCUT2D eigenvalue weighted by Crippen LogP contribution is 2.43. The van der Waals surface area contributed by atoms with E-state index in [9.17, 15) is 19.2 Å². The van der Waals surface area contributed by atoms with Gasteiger partial charge < -0.3 is 24.4 Å². The number of anilines is 4. The van der Waals surface area contributed by atoms with Crippen molar-refractivity contribution in [3.63, 3.8) is 0 Å². The number of pyridine rings is 4. The lowest BCUT2D eigenvalue weighted by atomic mass is 10.2. The van der Waals surface area contributed by atoms with E-state index in [-0.39, 0.29) is 22.2 Å². The first-order chi connectivity index (χ1) is 48.5. The zero-order chi connectivity index (χ0) is 71.4. The maximum Gasteiger partial charge on any atom is 0.293 e. The van der Waals surface area contributed by atoms with E-state index in [4.69, 9.17) is 69.4 Å². The molecule has 0 radical (unpaired) electrons. The standard InChI is InChI=1S/C18H12ClN5OS.C18H16ClN4O2S.C17H12Cl2N4OS.C17H13ClN4OS/c1-20-17-15(23(2)3)13-12(8-21-17)26-16-14(13)22-9-24(18(16)25)11-6-4-10(19)5-7-11;1-21(2)13-8-22(25-3)9-14-15(13)16-17(26-14)18(24)23(10-20-16)12-6-4-11(19)5-7-12;1-22(2)14-12-11(7-20-16(14)19)25-15-13(12)21-8-23(17(15)24)10-5-3-9(18)4-6-10;1-21(2)12-7-19-8-13-14(12)15-16(24-13)17(23)22(9-20-15)11-5-3-10(18)4-6-11/h4-9H,2-3H3;4-10H,1-3H3;3-8H,1-2H3;3-9H,1-2H3/q;+1;;. The molecule has 31 heteroatoms. The van der Waals surface area contributed by atoms with Gasteiger partial charge in [0.2, 0.25) is 12.4 Å². The molecule has 0 saturated carbocycles. The summed E-state index contributed by atoms with van der Waals surface area (Å²) in [5.74, 6) is 0.297. The van der Waals surface area contributed by atoms with Crippen LogP contribution in [0.3, 0.4) is 0 Å². The summed E-state index contributed by atoms with van der Waals surface area (Å²) in [6, 6.07) is 28.3. The van der Waals surface area contributed by atoms with Gasteiger partial charge in [-0.1, -0.05) is 64.6 Å². The average molecular weight is 1520 g/mol. The molecule has 0 fully saturated rings. The monoisotopic (exact) mass is 1510 g/mol. The van der Waals surface area contributed by atoms with Crippen LogP contribution in [0.1, 0.15) is 0 Å². The third-order valence-electron chi connectivity index (χ3n) is 16.0. The third kappa shape index (κ3) is 13.1. The fourth-order valence-electron chi connectivity index (χ4n) is 11.2. The van der Waals surface area contributed by atoms with Crippen LogP contribution in [0.4, 0.5) is 28.6 Å². The van der Waals surface area contributed by atoms with Crippen molar-refractivity contribution < 1.29 is 9.57 Å². The minimum atomic E-state index is -0.160. The second kappa shape index (κ2) is 28.4. The molecular formula is C70H53Cl5N17O5S4+. The summed E-state index contributed by atoms with van der Waals surface area (Å²) in [5.41, 5.74) is 8.38. The van der Waals surface area contributed by atoms with Gasteiger partial charge in [0.25, 0.3) is 28.1 Å². The first kappa shape index (κ1) is 69.3. The molecular weight excluding hydrogens is 1460 g/mol. The quantitative estimate of drug-likeness (QED) is 0.0747. The molecule has 16 aromatic rings. The van der Waals surface area contributed by atoms with Crippen molar-refractivity contribution in [2.45, 2.75) is 0 Å². The van der Waals surface area contributed by atoms with Crippen LogP contribution in [0.15, 0.2) is 179 Å². The fourth-order valence-corrected chi connectivity index (χ4v) is 16.4. The predicted molar refractivity (Wildman–Crippen MR) is 416 cm³/mol. The van der Waals surface area contributed by atoms with Gasteiger partial charge in [0, 0.05) is 110 Å². The van der Waals surface area contributed by atoms with E-state index in [1.54, 1.807) is 146 Å². The van der Waals surface area contributed by atoms with E-state index < -0.39 is 0 Å². The zero-order valence-electron chi connectivity index (χ0n) is 54.7. The van der Waals surface area contributed by atoms with Gasteiger partial charge in [0.05, 0.1) is 87.6 Å². The van der Waals surface area contributed by atoms with Gasteiger partial charge in [-0.05, 0) is 97.1 Å². The molecule has 0 saturated heterocycles. The second-order valence-corrected chi connectivity index (χ2v) is 29.5. The van der Waals surface area contributed by atoms with Crippen molar-refractivity contribution in [2.24, 2.45) is 0 Å². The summed E-state index contributed by atoms with van der Waals surface area (Å²) in [6.45, 7) is 7.36. The van der Waals surface area contributed by atoms with Crippen molar-refractivity contribution in [3.05, 3.63) is 238 Å². The zero-order valence-corrected chi connectivity index (χ0v) is 61.7.